The summed E-state index contributed by atoms with van der Waals surface area (Å²) in [5.74, 6) is 0. The first-order chi connectivity index (χ1) is 8.06. The van der Waals surface area contributed by atoms with Gasteiger partial charge in [0.1, 0.15) is 0 Å². The van der Waals surface area contributed by atoms with Crippen LogP contribution < -0.4 is 5.32 Å². The van der Waals surface area contributed by atoms with Crippen LogP contribution in [0.2, 0.25) is 10.0 Å². The van der Waals surface area contributed by atoms with Gasteiger partial charge in [0.05, 0.1) is 27.3 Å². The Morgan fingerprint density at radius 1 is 1.41 bits per heavy atom. The second-order valence-electron chi connectivity index (χ2n) is 3.17. The van der Waals surface area contributed by atoms with E-state index in [0.717, 1.165) is 0 Å². The lowest BCUT2D eigenvalue weighted by atomic mass is 10.3. The molecule has 0 amide bonds. The van der Waals surface area contributed by atoms with Crippen LogP contribution in [0.5, 0.6) is 0 Å². The second kappa shape index (κ2) is 6.64. The summed E-state index contributed by atoms with van der Waals surface area (Å²) in [6.07, 6.45) is 0. The maximum absolute atomic E-state index is 10.6. The van der Waals surface area contributed by atoms with Gasteiger partial charge in [0.15, 0.2) is 0 Å². The Kier molecular flexibility index (Phi) is 5.47. The number of halogens is 2. The van der Waals surface area contributed by atoms with E-state index >= 15 is 0 Å². The zero-order chi connectivity index (χ0) is 12.8. The molecule has 0 saturated heterocycles. The van der Waals surface area contributed by atoms with Crippen LogP contribution in [-0.4, -0.2) is 24.7 Å². The first-order valence-electron chi connectivity index (χ1n) is 5.01. The lowest BCUT2D eigenvalue weighted by Gasteiger charge is -2.10. The van der Waals surface area contributed by atoms with Gasteiger partial charge >= 0.3 is 0 Å². The van der Waals surface area contributed by atoms with E-state index in [1.165, 1.54) is 12.1 Å². The highest BCUT2D eigenvalue weighted by molar-refractivity contribution is 6.39. The highest BCUT2D eigenvalue weighted by atomic mass is 35.5. The van der Waals surface area contributed by atoms with Gasteiger partial charge in [-0.3, -0.25) is 10.1 Å². The van der Waals surface area contributed by atoms with Gasteiger partial charge in [-0.25, -0.2) is 0 Å². The molecular formula is C10H12Cl2N2O3. The summed E-state index contributed by atoms with van der Waals surface area (Å²) in [6, 6.07) is 2.52. The molecule has 5 nitrogen and oxygen atoms in total. The third-order valence-corrected chi connectivity index (χ3v) is 2.59. The van der Waals surface area contributed by atoms with Gasteiger partial charge in [-0.1, -0.05) is 23.2 Å². The molecule has 0 aromatic heterocycles. The lowest BCUT2D eigenvalue weighted by Crippen LogP contribution is -2.10. The minimum absolute atomic E-state index is 0.129. The number of hydrogen-bond acceptors (Lipinski definition) is 4. The van der Waals surface area contributed by atoms with Crippen molar-refractivity contribution >= 4 is 34.6 Å². The molecule has 7 heteroatoms. The molecule has 94 valence electrons. The second-order valence-corrected chi connectivity index (χ2v) is 3.98. The Labute approximate surface area is 109 Å². The minimum atomic E-state index is -0.540. The van der Waals surface area contributed by atoms with Gasteiger partial charge < -0.3 is 10.1 Å². The van der Waals surface area contributed by atoms with Crippen LogP contribution >= 0.6 is 23.2 Å². The van der Waals surface area contributed by atoms with E-state index < -0.39 is 4.92 Å². The summed E-state index contributed by atoms with van der Waals surface area (Å²) in [4.78, 5) is 10.0. The Bertz CT molecular complexity index is 390. The molecule has 0 bridgehead atoms. The molecule has 0 unspecified atom stereocenters. The molecule has 1 N–H and O–H groups in total. The summed E-state index contributed by atoms with van der Waals surface area (Å²) in [6.45, 7) is 3.57. The van der Waals surface area contributed by atoms with Crippen molar-refractivity contribution in [2.45, 2.75) is 6.92 Å². The van der Waals surface area contributed by atoms with Crippen LogP contribution in [0, 0.1) is 10.1 Å². The monoisotopic (exact) mass is 278 g/mol. The largest absolute Gasteiger partial charge is 0.380 e. The zero-order valence-electron chi connectivity index (χ0n) is 9.20. The predicted octanol–water partition coefficient (Wildman–Crippen LogP) is 3.35. The molecular weight excluding hydrogens is 267 g/mol. The van der Waals surface area contributed by atoms with Crippen LogP contribution in [0.15, 0.2) is 12.1 Å². The highest BCUT2D eigenvalue weighted by Gasteiger charge is 2.13. The van der Waals surface area contributed by atoms with E-state index in [2.05, 4.69) is 5.32 Å². The quantitative estimate of drug-likeness (QED) is 0.492. The summed E-state index contributed by atoms with van der Waals surface area (Å²) < 4.78 is 5.14. The molecule has 0 saturated carbocycles. The van der Waals surface area contributed by atoms with Crippen molar-refractivity contribution < 1.29 is 9.66 Å². The SMILES string of the molecule is CCOCCNc1c(Cl)cc([N+](=O)[O-])cc1Cl. The first kappa shape index (κ1) is 14.0. The normalized spacial score (nSPS) is 10.3. The summed E-state index contributed by atoms with van der Waals surface area (Å²) in [7, 11) is 0. The zero-order valence-corrected chi connectivity index (χ0v) is 10.7. The third kappa shape index (κ3) is 4.03. The van der Waals surface area contributed by atoms with Crippen molar-refractivity contribution in [3.05, 3.63) is 32.3 Å². The van der Waals surface area contributed by atoms with E-state index in [4.69, 9.17) is 27.9 Å². The molecule has 0 spiro atoms. The van der Waals surface area contributed by atoms with Gasteiger partial charge in [0.2, 0.25) is 0 Å². The van der Waals surface area contributed by atoms with Gasteiger partial charge in [0.25, 0.3) is 5.69 Å². The molecule has 0 atom stereocenters. The Morgan fingerprint density at radius 2 is 2.00 bits per heavy atom. The van der Waals surface area contributed by atoms with Crippen molar-refractivity contribution in [2.24, 2.45) is 0 Å². The number of nitro groups is 1. The molecule has 17 heavy (non-hydrogen) atoms. The Hall–Kier alpha value is -1.04. The van der Waals surface area contributed by atoms with Crippen molar-refractivity contribution in [1.29, 1.82) is 0 Å². The first-order valence-corrected chi connectivity index (χ1v) is 5.77. The van der Waals surface area contributed by atoms with E-state index in [9.17, 15) is 10.1 Å². The minimum Gasteiger partial charge on any atom is -0.380 e. The van der Waals surface area contributed by atoms with Crippen molar-refractivity contribution in [2.75, 3.05) is 25.1 Å². The van der Waals surface area contributed by atoms with Crippen LogP contribution in [0.3, 0.4) is 0 Å². The number of nitro benzene ring substituents is 1. The summed E-state index contributed by atoms with van der Waals surface area (Å²) >= 11 is 11.8. The smallest absolute Gasteiger partial charge is 0.272 e. The molecule has 0 aliphatic heterocycles. The highest BCUT2D eigenvalue weighted by Crippen LogP contribution is 2.34. The topological polar surface area (TPSA) is 64.4 Å². The van der Waals surface area contributed by atoms with Gasteiger partial charge in [-0.05, 0) is 6.92 Å². The van der Waals surface area contributed by atoms with Gasteiger partial charge in [0, 0.05) is 25.3 Å². The molecule has 0 heterocycles. The number of benzene rings is 1. The van der Waals surface area contributed by atoms with Crippen LogP contribution in [0.1, 0.15) is 6.92 Å². The standard InChI is InChI=1S/C10H12Cl2N2O3/c1-2-17-4-3-13-10-8(11)5-7(14(15)16)6-9(10)12/h5-6,13H,2-4H2,1H3. The van der Waals surface area contributed by atoms with E-state index in [0.29, 0.717) is 25.4 Å². The maximum Gasteiger partial charge on any atom is 0.272 e. The van der Waals surface area contributed by atoms with Crippen LogP contribution in [0.4, 0.5) is 11.4 Å². The summed E-state index contributed by atoms with van der Waals surface area (Å²) in [5, 5.41) is 14.0. The third-order valence-electron chi connectivity index (χ3n) is 1.99. The van der Waals surface area contributed by atoms with Crippen LogP contribution in [0.25, 0.3) is 0 Å². The molecule has 0 fully saturated rings. The molecule has 0 aliphatic rings. The van der Waals surface area contributed by atoms with Crippen molar-refractivity contribution in [3.8, 4) is 0 Å². The number of nitrogens with zero attached hydrogens (tertiary/aromatic N) is 1. The molecule has 0 aliphatic carbocycles. The number of nitrogens with one attached hydrogen (secondary N) is 1. The van der Waals surface area contributed by atoms with E-state index in [1.807, 2.05) is 6.92 Å². The van der Waals surface area contributed by atoms with Crippen LogP contribution in [-0.2, 0) is 4.74 Å². The summed E-state index contributed by atoms with van der Waals surface area (Å²) in [5.41, 5.74) is 0.356. The molecule has 0 radical (unpaired) electrons. The number of non-ortho nitro benzene ring substituents is 1. The van der Waals surface area contributed by atoms with Gasteiger partial charge in [-0.2, -0.15) is 0 Å². The fraction of sp³-hybridized carbons (Fsp3) is 0.400. The van der Waals surface area contributed by atoms with Crippen molar-refractivity contribution in [1.82, 2.24) is 0 Å². The fourth-order valence-corrected chi connectivity index (χ4v) is 1.84. The van der Waals surface area contributed by atoms with Gasteiger partial charge in [-0.15, -0.1) is 0 Å². The number of ether oxygens (including phenoxy) is 1. The molecule has 1 aromatic rings. The average Bonchev–Trinajstić information content (AvgIpc) is 2.26. The molecule has 1 aromatic carbocycles. The maximum atomic E-state index is 10.6. The number of rotatable bonds is 6. The Balaban J connectivity index is 2.76. The lowest BCUT2D eigenvalue weighted by molar-refractivity contribution is -0.384. The van der Waals surface area contributed by atoms with E-state index in [-0.39, 0.29) is 15.7 Å². The fourth-order valence-electron chi connectivity index (χ4n) is 1.23. The molecule has 1 rings (SSSR count). The number of anilines is 1. The average molecular weight is 279 g/mol. The van der Waals surface area contributed by atoms with Crippen molar-refractivity contribution in [3.63, 3.8) is 0 Å². The van der Waals surface area contributed by atoms with E-state index in [1.54, 1.807) is 0 Å². The predicted molar refractivity (Wildman–Crippen MR) is 68.1 cm³/mol. The Morgan fingerprint density at radius 3 is 2.47 bits per heavy atom. The number of hydrogen-bond donors (Lipinski definition) is 1.